The van der Waals surface area contributed by atoms with Crippen LogP contribution in [0.3, 0.4) is 0 Å². The zero-order chi connectivity index (χ0) is 9.90. The second-order valence-electron chi connectivity index (χ2n) is 2.51. The van der Waals surface area contributed by atoms with Gasteiger partial charge in [-0.2, -0.15) is 9.98 Å². The lowest BCUT2D eigenvalue weighted by Crippen LogP contribution is -2.43. The third-order valence-corrected chi connectivity index (χ3v) is 1.61. The van der Waals surface area contributed by atoms with Gasteiger partial charge in [0, 0.05) is 14.0 Å². The Hall–Kier alpha value is -1.30. The van der Waals surface area contributed by atoms with Gasteiger partial charge in [0.15, 0.2) is 0 Å². The number of rotatable bonds is 1. The van der Waals surface area contributed by atoms with Crippen LogP contribution in [0.5, 0.6) is 0 Å². The predicted octanol–water partition coefficient (Wildman–Crippen LogP) is -0.0855. The Morgan fingerprint density at radius 1 is 1.08 bits per heavy atom. The summed E-state index contributed by atoms with van der Waals surface area (Å²) in [5.74, 6) is -0.970. The summed E-state index contributed by atoms with van der Waals surface area (Å²) in [6, 6.07) is 0.632. The van der Waals surface area contributed by atoms with Crippen LogP contribution >= 0.6 is 0 Å². The number of hydrogen-bond donors (Lipinski definition) is 1. The Bertz CT molecular complexity index is 229. The van der Waals surface area contributed by atoms with Crippen molar-refractivity contribution in [1.82, 2.24) is 5.32 Å². The molecule has 0 atom stereocenters. The van der Waals surface area contributed by atoms with E-state index >= 15 is 0 Å². The summed E-state index contributed by atoms with van der Waals surface area (Å²) in [6.45, 7) is 1.70. The molecule has 0 saturated heterocycles. The minimum atomic E-state index is -0.970. The molecule has 0 fully saturated rings. The monoisotopic (exact) mass is 187 g/mol. The first kappa shape index (κ1) is 9.79. The van der Waals surface area contributed by atoms with Gasteiger partial charge in [-0.15, -0.1) is 0 Å². The van der Waals surface area contributed by atoms with Gasteiger partial charge in [0.2, 0.25) is 0 Å². The first-order valence-corrected chi connectivity index (χ1v) is 3.73. The summed E-state index contributed by atoms with van der Waals surface area (Å²) in [7, 11) is 4.51. The zero-order valence-electron chi connectivity index (χ0n) is 8.12. The molecular weight excluding hydrogens is 174 g/mol. The highest BCUT2D eigenvalue weighted by Crippen LogP contribution is 2.16. The van der Waals surface area contributed by atoms with Gasteiger partial charge in [-0.05, 0) is 0 Å². The van der Waals surface area contributed by atoms with Crippen LogP contribution in [-0.2, 0) is 14.2 Å². The SMILES string of the molecule is COC1=NC(C)(OC)N=C(OC)N1. The van der Waals surface area contributed by atoms with E-state index in [9.17, 15) is 0 Å². The molecule has 0 unspecified atom stereocenters. The van der Waals surface area contributed by atoms with E-state index in [2.05, 4.69) is 15.3 Å². The molecule has 0 aromatic carbocycles. The van der Waals surface area contributed by atoms with Crippen molar-refractivity contribution >= 4 is 12.0 Å². The summed E-state index contributed by atoms with van der Waals surface area (Å²) >= 11 is 0. The van der Waals surface area contributed by atoms with Crippen molar-refractivity contribution in [2.24, 2.45) is 9.98 Å². The van der Waals surface area contributed by atoms with Crippen LogP contribution in [0.4, 0.5) is 0 Å². The highest BCUT2D eigenvalue weighted by atomic mass is 16.5. The Labute approximate surface area is 76.6 Å². The van der Waals surface area contributed by atoms with Gasteiger partial charge in [0.1, 0.15) is 0 Å². The average Bonchev–Trinajstić information content (AvgIpc) is 2.17. The van der Waals surface area contributed by atoms with E-state index in [1.54, 1.807) is 6.92 Å². The van der Waals surface area contributed by atoms with E-state index in [1.165, 1.54) is 21.3 Å². The van der Waals surface area contributed by atoms with Gasteiger partial charge < -0.3 is 14.2 Å². The molecule has 6 heteroatoms. The van der Waals surface area contributed by atoms with Crippen molar-refractivity contribution in [3.05, 3.63) is 0 Å². The minimum Gasteiger partial charge on any atom is -0.468 e. The molecule has 1 rings (SSSR count). The van der Waals surface area contributed by atoms with Gasteiger partial charge in [0.25, 0.3) is 17.9 Å². The van der Waals surface area contributed by atoms with Crippen molar-refractivity contribution in [1.29, 1.82) is 0 Å². The maximum Gasteiger partial charge on any atom is 0.297 e. The molecule has 6 nitrogen and oxygen atoms in total. The fourth-order valence-electron chi connectivity index (χ4n) is 0.834. The highest BCUT2D eigenvalue weighted by molar-refractivity contribution is 5.94. The van der Waals surface area contributed by atoms with E-state index < -0.39 is 5.85 Å². The van der Waals surface area contributed by atoms with Crippen LogP contribution in [0.25, 0.3) is 0 Å². The van der Waals surface area contributed by atoms with Crippen molar-refractivity contribution in [3.63, 3.8) is 0 Å². The smallest absolute Gasteiger partial charge is 0.297 e. The molecule has 13 heavy (non-hydrogen) atoms. The normalized spacial score (nSPS) is 19.7. The standard InChI is InChI=1S/C7H13N3O3/c1-7(13-4)9-5(11-2)8-6(10-7)12-3/h1-4H3,(H,8,9,10). The Morgan fingerprint density at radius 2 is 1.54 bits per heavy atom. The summed E-state index contributed by atoms with van der Waals surface area (Å²) in [6.07, 6.45) is 0. The zero-order valence-corrected chi connectivity index (χ0v) is 8.12. The van der Waals surface area contributed by atoms with Gasteiger partial charge in [-0.25, -0.2) is 0 Å². The Kier molecular flexibility index (Phi) is 2.72. The van der Waals surface area contributed by atoms with Crippen molar-refractivity contribution in [2.45, 2.75) is 12.8 Å². The molecule has 0 radical (unpaired) electrons. The molecule has 1 heterocycles. The van der Waals surface area contributed by atoms with Crippen LogP contribution < -0.4 is 5.32 Å². The molecule has 0 saturated carbocycles. The largest absolute Gasteiger partial charge is 0.468 e. The molecule has 0 amide bonds. The molecule has 1 aliphatic rings. The fraction of sp³-hybridized carbons (Fsp3) is 0.714. The van der Waals surface area contributed by atoms with Gasteiger partial charge >= 0.3 is 0 Å². The Morgan fingerprint density at radius 3 is 1.85 bits per heavy atom. The molecule has 0 spiro atoms. The van der Waals surface area contributed by atoms with Crippen LogP contribution in [0.2, 0.25) is 0 Å². The molecule has 0 aromatic rings. The Balaban J connectivity index is 2.88. The van der Waals surface area contributed by atoms with Crippen LogP contribution in [0.1, 0.15) is 6.92 Å². The number of nitrogens with one attached hydrogen (secondary N) is 1. The van der Waals surface area contributed by atoms with Gasteiger partial charge in [0.05, 0.1) is 14.2 Å². The van der Waals surface area contributed by atoms with Crippen molar-refractivity contribution in [2.75, 3.05) is 21.3 Å². The quantitative estimate of drug-likeness (QED) is 0.623. The molecule has 74 valence electrons. The van der Waals surface area contributed by atoms with E-state index in [-0.39, 0.29) is 0 Å². The summed E-state index contributed by atoms with van der Waals surface area (Å²) in [5.41, 5.74) is 0. The maximum absolute atomic E-state index is 5.07. The summed E-state index contributed by atoms with van der Waals surface area (Å²) in [4.78, 5) is 8.09. The molecule has 0 bridgehead atoms. The number of aliphatic imine (C=N–C) groups is 2. The van der Waals surface area contributed by atoms with E-state index in [0.29, 0.717) is 12.0 Å². The van der Waals surface area contributed by atoms with Gasteiger partial charge in [-0.1, -0.05) is 0 Å². The maximum atomic E-state index is 5.07. The predicted molar refractivity (Wildman–Crippen MR) is 47.4 cm³/mol. The lowest BCUT2D eigenvalue weighted by Gasteiger charge is -2.25. The summed E-state index contributed by atoms with van der Waals surface area (Å²) < 4.78 is 14.9. The van der Waals surface area contributed by atoms with E-state index in [4.69, 9.17) is 14.2 Å². The average molecular weight is 187 g/mol. The lowest BCUT2D eigenvalue weighted by molar-refractivity contribution is 0.0152. The summed E-state index contributed by atoms with van der Waals surface area (Å²) in [5, 5.41) is 2.72. The third kappa shape index (κ3) is 2.09. The number of methoxy groups -OCH3 is 3. The van der Waals surface area contributed by atoms with Crippen molar-refractivity contribution < 1.29 is 14.2 Å². The minimum absolute atomic E-state index is 0.316. The second kappa shape index (κ2) is 3.61. The van der Waals surface area contributed by atoms with Crippen LogP contribution in [0.15, 0.2) is 9.98 Å². The van der Waals surface area contributed by atoms with E-state index in [1.807, 2.05) is 0 Å². The number of nitrogens with zero attached hydrogens (tertiary/aromatic N) is 2. The molecule has 0 aliphatic carbocycles. The topological polar surface area (TPSA) is 64.4 Å². The first-order chi connectivity index (χ1) is 6.13. The fourth-order valence-corrected chi connectivity index (χ4v) is 0.834. The highest BCUT2D eigenvalue weighted by Gasteiger charge is 2.28. The molecule has 0 aromatic heterocycles. The van der Waals surface area contributed by atoms with Gasteiger partial charge in [-0.3, -0.25) is 5.32 Å². The first-order valence-electron chi connectivity index (χ1n) is 3.73. The molecule has 1 N–H and O–H groups in total. The van der Waals surface area contributed by atoms with Crippen LogP contribution in [-0.4, -0.2) is 39.2 Å². The lowest BCUT2D eigenvalue weighted by atomic mass is 10.5. The number of ether oxygens (including phenoxy) is 3. The number of amidine groups is 2. The molecule has 1 aliphatic heterocycles. The third-order valence-electron chi connectivity index (χ3n) is 1.61. The number of hydrogen-bond acceptors (Lipinski definition) is 6. The second-order valence-corrected chi connectivity index (χ2v) is 2.51. The van der Waals surface area contributed by atoms with E-state index in [0.717, 1.165) is 0 Å². The molecular formula is C7H13N3O3. The van der Waals surface area contributed by atoms with Crippen molar-refractivity contribution in [3.8, 4) is 0 Å². The van der Waals surface area contributed by atoms with Crippen LogP contribution in [0, 0.1) is 0 Å².